The first kappa shape index (κ1) is 27.3. The van der Waals surface area contributed by atoms with Gasteiger partial charge in [-0.15, -0.1) is 5.10 Å². The molecular weight excluding hydrogens is 552 g/mol. The lowest BCUT2D eigenvalue weighted by Crippen LogP contribution is -2.34. The maximum atomic E-state index is 13.7. The summed E-state index contributed by atoms with van der Waals surface area (Å²) in [5.74, 6) is 1.04. The number of carbonyl (C=O) groups excluding carboxylic acids is 2. The molecule has 0 aliphatic heterocycles. The molecule has 3 N–H and O–H groups in total. The number of urea groups is 1. The third-order valence-electron chi connectivity index (χ3n) is 7.46. The van der Waals surface area contributed by atoms with E-state index >= 15 is 0 Å². The van der Waals surface area contributed by atoms with E-state index < -0.39 is 0 Å². The number of aromatic nitrogens is 5. The number of anilines is 3. The molecule has 3 amide bonds. The molecule has 0 atom stereocenters. The highest BCUT2D eigenvalue weighted by atomic mass is 32.1. The van der Waals surface area contributed by atoms with Crippen molar-refractivity contribution in [2.75, 3.05) is 22.6 Å². The van der Waals surface area contributed by atoms with E-state index in [2.05, 4.69) is 48.4 Å². The van der Waals surface area contributed by atoms with E-state index in [0.29, 0.717) is 23.2 Å². The first-order chi connectivity index (χ1) is 20.6. The van der Waals surface area contributed by atoms with Gasteiger partial charge >= 0.3 is 6.03 Å². The van der Waals surface area contributed by atoms with Crippen LogP contribution in [-0.4, -0.2) is 44.7 Å². The van der Waals surface area contributed by atoms with E-state index in [0.717, 1.165) is 27.2 Å². The molecule has 3 aromatic carbocycles. The van der Waals surface area contributed by atoms with Crippen molar-refractivity contribution >= 4 is 50.3 Å². The van der Waals surface area contributed by atoms with E-state index in [4.69, 9.17) is 4.74 Å². The summed E-state index contributed by atoms with van der Waals surface area (Å²) in [6.07, 6.45) is 6.24. The molecule has 2 heterocycles. The normalized spacial score (nSPS) is 13.5. The highest BCUT2D eigenvalue weighted by Crippen LogP contribution is 2.34. The van der Waals surface area contributed by atoms with Gasteiger partial charge in [0.05, 0.1) is 23.9 Å². The Morgan fingerprint density at radius 3 is 2.50 bits per heavy atom. The molecule has 1 aliphatic rings. The minimum absolute atomic E-state index is 0.0943. The van der Waals surface area contributed by atoms with Gasteiger partial charge in [-0.25, -0.2) is 9.78 Å². The summed E-state index contributed by atoms with van der Waals surface area (Å²) in [4.78, 5) is 32.5. The summed E-state index contributed by atoms with van der Waals surface area (Å²) in [6, 6.07) is 20.7. The molecule has 6 rings (SSSR count). The lowest BCUT2D eigenvalue weighted by Gasteiger charge is -2.25. The van der Waals surface area contributed by atoms with E-state index in [9.17, 15) is 9.59 Å². The Bertz CT molecular complexity index is 1660. The van der Waals surface area contributed by atoms with Crippen molar-refractivity contribution in [3.63, 3.8) is 0 Å². The van der Waals surface area contributed by atoms with Crippen LogP contribution in [0.5, 0.6) is 5.75 Å². The van der Waals surface area contributed by atoms with Gasteiger partial charge in [0.1, 0.15) is 5.75 Å². The number of fused-ring (bicyclic) bond motifs is 1. The Morgan fingerprint density at radius 1 is 1.00 bits per heavy atom. The van der Waals surface area contributed by atoms with Crippen LogP contribution in [0, 0.1) is 0 Å². The molecule has 42 heavy (non-hydrogen) atoms. The van der Waals surface area contributed by atoms with E-state index in [-0.39, 0.29) is 17.9 Å². The number of nitrogens with zero attached hydrogens (tertiary/aromatic N) is 5. The smallest absolute Gasteiger partial charge is 0.328 e. The van der Waals surface area contributed by atoms with Crippen molar-refractivity contribution in [1.29, 1.82) is 0 Å². The quantitative estimate of drug-likeness (QED) is 0.194. The van der Waals surface area contributed by atoms with Crippen LogP contribution in [0.25, 0.3) is 10.2 Å². The molecule has 12 heteroatoms. The van der Waals surface area contributed by atoms with Crippen LogP contribution in [0.1, 0.15) is 59.5 Å². The fourth-order valence-corrected chi connectivity index (χ4v) is 6.10. The second-order valence-corrected chi connectivity index (χ2v) is 11.2. The Kier molecular flexibility index (Phi) is 8.04. The van der Waals surface area contributed by atoms with Crippen LogP contribution < -0.4 is 20.3 Å². The van der Waals surface area contributed by atoms with Crippen LogP contribution in [0.2, 0.25) is 0 Å². The number of hydrogen-bond donors (Lipinski definition) is 3. The van der Waals surface area contributed by atoms with Gasteiger partial charge in [0.15, 0.2) is 5.13 Å². The van der Waals surface area contributed by atoms with Crippen molar-refractivity contribution in [2.45, 2.75) is 44.6 Å². The minimum atomic E-state index is -0.358. The van der Waals surface area contributed by atoms with Crippen LogP contribution in [0.4, 0.5) is 21.6 Å². The molecule has 5 aromatic rings. The number of aromatic amines is 1. The molecule has 11 nitrogen and oxygen atoms in total. The van der Waals surface area contributed by atoms with Crippen LogP contribution in [0.15, 0.2) is 66.7 Å². The number of nitrogens with one attached hydrogen (secondary N) is 3. The van der Waals surface area contributed by atoms with E-state index in [1.807, 2.05) is 42.5 Å². The largest absolute Gasteiger partial charge is 0.497 e. The minimum Gasteiger partial charge on any atom is -0.497 e. The predicted molar refractivity (Wildman–Crippen MR) is 162 cm³/mol. The number of methoxy groups -OCH3 is 1. The zero-order valence-electron chi connectivity index (χ0n) is 23.0. The number of amides is 3. The van der Waals surface area contributed by atoms with Crippen LogP contribution in [-0.2, 0) is 6.54 Å². The van der Waals surface area contributed by atoms with Gasteiger partial charge in [-0.2, -0.15) is 5.21 Å². The lowest BCUT2D eigenvalue weighted by molar-refractivity contribution is 0.102. The second-order valence-electron chi connectivity index (χ2n) is 10.2. The zero-order valence-corrected chi connectivity index (χ0v) is 23.9. The first-order valence-corrected chi connectivity index (χ1v) is 14.6. The third kappa shape index (κ3) is 6.23. The highest BCUT2D eigenvalue weighted by Gasteiger charge is 2.21. The van der Waals surface area contributed by atoms with Gasteiger partial charge in [0, 0.05) is 11.3 Å². The second kappa shape index (κ2) is 12.4. The molecule has 0 unspecified atom stereocenters. The number of ether oxygens (including phenoxy) is 1. The summed E-state index contributed by atoms with van der Waals surface area (Å²) >= 11 is 1.39. The van der Waals surface area contributed by atoms with Crippen LogP contribution in [0.3, 0.4) is 0 Å². The molecule has 1 fully saturated rings. The van der Waals surface area contributed by atoms with Crippen molar-refractivity contribution in [2.24, 2.45) is 0 Å². The van der Waals surface area contributed by atoms with E-state index in [1.54, 1.807) is 24.1 Å². The number of rotatable bonds is 8. The fraction of sp³-hybridized carbons (Fsp3) is 0.267. The van der Waals surface area contributed by atoms with Gasteiger partial charge in [-0.1, -0.05) is 60.0 Å². The Balaban J connectivity index is 1.23. The van der Waals surface area contributed by atoms with Crippen molar-refractivity contribution < 1.29 is 14.3 Å². The summed E-state index contributed by atoms with van der Waals surface area (Å²) in [5.41, 5.74) is 4.16. The fourth-order valence-electron chi connectivity index (χ4n) is 5.22. The number of tetrazole rings is 1. The zero-order chi connectivity index (χ0) is 28.9. The maximum absolute atomic E-state index is 13.7. The molecule has 0 spiro atoms. The average molecular weight is 583 g/mol. The lowest BCUT2D eigenvalue weighted by atomic mass is 9.84. The number of carbonyl (C=O) groups is 2. The monoisotopic (exact) mass is 582 g/mol. The van der Waals surface area contributed by atoms with Gasteiger partial charge in [0.25, 0.3) is 11.9 Å². The molecular formula is C30H30N8O3S. The van der Waals surface area contributed by atoms with Crippen molar-refractivity contribution in [3.8, 4) is 5.75 Å². The van der Waals surface area contributed by atoms with E-state index in [1.165, 1.54) is 49.0 Å². The Labute approximate surface area is 246 Å². The summed E-state index contributed by atoms with van der Waals surface area (Å²) in [6.45, 7) is 0.292. The number of hydrogen-bond acceptors (Lipinski definition) is 8. The van der Waals surface area contributed by atoms with Gasteiger partial charge in [-0.3, -0.25) is 20.3 Å². The number of benzene rings is 3. The molecule has 1 saturated carbocycles. The Morgan fingerprint density at radius 2 is 1.79 bits per heavy atom. The van der Waals surface area contributed by atoms with Gasteiger partial charge in [0.2, 0.25) is 0 Å². The molecule has 0 bridgehead atoms. The topological polar surface area (TPSA) is 138 Å². The number of H-pyrrole nitrogens is 1. The first-order valence-electron chi connectivity index (χ1n) is 13.8. The maximum Gasteiger partial charge on any atom is 0.328 e. The summed E-state index contributed by atoms with van der Waals surface area (Å²) in [7, 11) is 1.62. The number of thiazole rings is 1. The summed E-state index contributed by atoms with van der Waals surface area (Å²) < 4.78 is 6.24. The molecule has 214 valence electrons. The van der Waals surface area contributed by atoms with Gasteiger partial charge < -0.3 is 4.74 Å². The molecule has 1 aliphatic carbocycles. The predicted octanol–water partition coefficient (Wildman–Crippen LogP) is 6.36. The van der Waals surface area contributed by atoms with Crippen molar-refractivity contribution in [1.82, 2.24) is 25.6 Å². The molecule has 0 saturated heterocycles. The van der Waals surface area contributed by atoms with Gasteiger partial charge in [-0.05, 0) is 77.6 Å². The standard InChI is InChI=1S/C30H30N8O3S/c1-41-24-15-16-25-26(17-24)42-29(31-25)33-30(40)38(23-13-11-21(12-14-23)20-5-3-2-4-6-20)18-19-7-9-22(10-8-19)27(39)32-28-34-36-37-35-28/h7-17,20H,2-6,18H2,1H3,(H,31,33,40)(H2,32,34,35,36,37,39). The highest BCUT2D eigenvalue weighted by molar-refractivity contribution is 7.22. The van der Waals surface area contributed by atoms with Crippen molar-refractivity contribution in [3.05, 3.63) is 83.4 Å². The SMILES string of the molecule is COc1ccc2nc(NC(=O)N(Cc3ccc(C(=O)Nc4nn[nH]n4)cc3)c3ccc(C4CCCCC4)cc3)sc2c1. The summed E-state index contributed by atoms with van der Waals surface area (Å²) in [5, 5.41) is 19.3. The van der Waals surface area contributed by atoms with Crippen LogP contribution >= 0.6 is 11.3 Å². The molecule has 0 radical (unpaired) electrons. The molecule has 2 aromatic heterocycles. The Hall–Kier alpha value is -4.84. The third-order valence-corrected chi connectivity index (χ3v) is 8.40. The average Bonchev–Trinajstić information content (AvgIpc) is 3.69.